The lowest BCUT2D eigenvalue weighted by Gasteiger charge is -2.34. The van der Waals surface area contributed by atoms with Gasteiger partial charge < -0.3 is 4.90 Å². The summed E-state index contributed by atoms with van der Waals surface area (Å²) in [6, 6.07) is 4.06. The monoisotopic (exact) mass is 264 g/mol. The Morgan fingerprint density at radius 2 is 2.06 bits per heavy atom. The van der Waals surface area contributed by atoms with Crippen molar-refractivity contribution in [1.82, 2.24) is 9.80 Å². The average molecular weight is 264 g/mol. The van der Waals surface area contributed by atoms with Gasteiger partial charge in [-0.05, 0) is 30.2 Å². The van der Waals surface area contributed by atoms with Gasteiger partial charge in [-0.25, -0.2) is 0 Å². The molecule has 1 aromatic heterocycles. The lowest BCUT2D eigenvalue weighted by atomic mass is 10.2. The van der Waals surface area contributed by atoms with Gasteiger partial charge in [0, 0.05) is 37.6 Å². The number of rotatable bonds is 4. The van der Waals surface area contributed by atoms with Crippen LogP contribution in [0.25, 0.3) is 0 Å². The van der Waals surface area contributed by atoms with E-state index in [2.05, 4.69) is 4.90 Å². The zero-order valence-corrected chi connectivity index (χ0v) is 11.5. The van der Waals surface area contributed by atoms with Crippen LogP contribution in [0.2, 0.25) is 0 Å². The molecule has 18 heavy (non-hydrogen) atoms. The van der Waals surface area contributed by atoms with Crippen molar-refractivity contribution in [2.75, 3.05) is 32.7 Å². The van der Waals surface area contributed by atoms with Crippen LogP contribution < -0.4 is 0 Å². The SMILES string of the molecule is O=C(Cc1cccs1)N1CCN(CC2CC2)CC1. The number of thiophene rings is 1. The van der Waals surface area contributed by atoms with Crippen LogP contribution >= 0.6 is 11.3 Å². The largest absolute Gasteiger partial charge is 0.340 e. The summed E-state index contributed by atoms with van der Waals surface area (Å²) in [5, 5.41) is 2.04. The number of carbonyl (C=O) groups excluding carboxylic acids is 1. The Morgan fingerprint density at radius 3 is 2.67 bits per heavy atom. The van der Waals surface area contributed by atoms with Gasteiger partial charge >= 0.3 is 0 Å². The fourth-order valence-electron chi connectivity index (χ4n) is 2.52. The quantitative estimate of drug-likeness (QED) is 0.828. The van der Waals surface area contributed by atoms with Gasteiger partial charge in [-0.15, -0.1) is 11.3 Å². The average Bonchev–Trinajstić information content (AvgIpc) is 3.04. The summed E-state index contributed by atoms with van der Waals surface area (Å²) in [6.07, 6.45) is 3.41. The maximum absolute atomic E-state index is 12.1. The third-order valence-corrected chi connectivity index (χ3v) is 4.72. The molecular formula is C14H20N2OS. The Morgan fingerprint density at radius 1 is 1.28 bits per heavy atom. The van der Waals surface area contributed by atoms with Gasteiger partial charge in [0.05, 0.1) is 6.42 Å². The van der Waals surface area contributed by atoms with Crippen LogP contribution in [0.1, 0.15) is 17.7 Å². The Kier molecular flexibility index (Phi) is 3.66. The van der Waals surface area contributed by atoms with Crippen molar-refractivity contribution < 1.29 is 4.79 Å². The topological polar surface area (TPSA) is 23.6 Å². The third-order valence-electron chi connectivity index (χ3n) is 3.84. The molecule has 0 N–H and O–H groups in total. The van der Waals surface area contributed by atoms with Crippen LogP contribution in [0, 0.1) is 5.92 Å². The van der Waals surface area contributed by atoms with Crippen LogP contribution in [-0.4, -0.2) is 48.4 Å². The van der Waals surface area contributed by atoms with Crippen molar-refractivity contribution in [3.05, 3.63) is 22.4 Å². The number of amides is 1. The second-order valence-electron chi connectivity index (χ2n) is 5.38. The highest BCUT2D eigenvalue weighted by atomic mass is 32.1. The highest BCUT2D eigenvalue weighted by Crippen LogP contribution is 2.29. The first kappa shape index (κ1) is 12.2. The minimum Gasteiger partial charge on any atom is -0.340 e. The van der Waals surface area contributed by atoms with E-state index in [1.807, 2.05) is 22.4 Å². The molecule has 1 saturated carbocycles. The number of carbonyl (C=O) groups is 1. The van der Waals surface area contributed by atoms with E-state index in [0.717, 1.165) is 32.1 Å². The molecule has 3 rings (SSSR count). The predicted molar refractivity (Wildman–Crippen MR) is 73.8 cm³/mol. The minimum atomic E-state index is 0.295. The van der Waals surface area contributed by atoms with E-state index in [-0.39, 0.29) is 0 Å². The van der Waals surface area contributed by atoms with Gasteiger partial charge in [0.2, 0.25) is 5.91 Å². The molecule has 2 aliphatic rings. The summed E-state index contributed by atoms with van der Waals surface area (Å²) >= 11 is 1.67. The summed E-state index contributed by atoms with van der Waals surface area (Å²) in [5.41, 5.74) is 0. The summed E-state index contributed by atoms with van der Waals surface area (Å²) < 4.78 is 0. The van der Waals surface area contributed by atoms with Gasteiger partial charge in [-0.1, -0.05) is 6.07 Å². The number of piperazine rings is 1. The standard InChI is InChI=1S/C14H20N2OS/c17-14(10-13-2-1-9-18-13)16-7-5-15(6-8-16)11-12-3-4-12/h1-2,9,12H,3-8,10-11H2. The normalized spacial score (nSPS) is 21.2. The molecule has 0 radical (unpaired) electrons. The molecule has 1 aliphatic carbocycles. The molecular weight excluding hydrogens is 244 g/mol. The Labute approximate surface area is 112 Å². The van der Waals surface area contributed by atoms with Crippen LogP contribution in [0.4, 0.5) is 0 Å². The minimum absolute atomic E-state index is 0.295. The molecule has 2 heterocycles. The summed E-state index contributed by atoms with van der Waals surface area (Å²) in [7, 11) is 0. The van der Waals surface area contributed by atoms with Gasteiger partial charge in [0.1, 0.15) is 0 Å². The van der Waals surface area contributed by atoms with Crippen molar-refractivity contribution in [2.24, 2.45) is 5.92 Å². The lowest BCUT2D eigenvalue weighted by Crippen LogP contribution is -2.49. The molecule has 2 fully saturated rings. The van der Waals surface area contributed by atoms with E-state index in [0.29, 0.717) is 12.3 Å². The summed E-state index contributed by atoms with van der Waals surface area (Å²) in [5.74, 6) is 1.25. The van der Waals surface area contributed by atoms with Gasteiger partial charge in [0.15, 0.2) is 0 Å². The van der Waals surface area contributed by atoms with Crippen LogP contribution in [0.5, 0.6) is 0 Å². The lowest BCUT2D eigenvalue weighted by molar-refractivity contribution is -0.132. The smallest absolute Gasteiger partial charge is 0.227 e. The zero-order valence-electron chi connectivity index (χ0n) is 10.7. The van der Waals surface area contributed by atoms with E-state index in [4.69, 9.17) is 0 Å². The summed E-state index contributed by atoms with van der Waals surface area (Å²) in [4.78, 5) is 17.9. The van der Waals surface area contributed by atoms with Crippen molar-refractivity contribution in [3.8, 4) is 0 Å². The van der Waals surface area contributed by atoms with Gasteiger partial charge in [-0.3, -0.25) is 9.69 Å². The summed E-state index contributed by atoms with van der Waals surface area (Å²) in [6.45, 7) is 5.21. The van der Waals surface area contributed by atoms with Crippen molar-refractivity contribution in [2.45, 2.75) is 19.3 Å². The van der Waals surface area contributed by atoms with Crippen molar-refractivity contribution in [3.63, 3.8) is 0 Å². The fraction of sp³-hybridized carbons (Fsp3) is 0.643. The van der Waals surface area contributed by atoms with Gasteiger partial charge in [-0.2, -0.15) is 0 Å². The predicted octanol–water partition coefficient (Wildman–Crippen LogP) is 1.84. The van der Waals surface area contributed by atoms with Crippen molar-refractivity contribution in [1.29, 1.82) is 0 Å². The van der Waals surface area contributed by atoms with E-state index in [1.165, 1.54) is 24.3 Å². The Hall–Kier alpha value is -0.870. The molecule has 1 amide bonds. The first-order chi connectivity index (χ1) is 8.81. The maximum Gasteiger partial charge on any atom is 0.227 e. The highest BCUT2D eigenvalue weighted by Gasteiger charge is 2.27. The van der Waals surface area contributed by atoms with E-state index in [9.17, 15) is 4.79 Å². The number of hydrogen-bond donors (Lipinski definition) is 0. The maximum atomic E-state index is 12.1. The third kappa shape index (κ3) is 3.12. The Balaban J connectivity index is 1.45. The highest BCUT2D eigenvalue weighted by molar-refractivity contribution is 7.10. The Bertz CT molecular complexity index is 392. The first-order valence-electron chi connectivity index (χ1n) is 6.84. The number of nitrogens with zero attached hydrogens (tertiary/aromatic N) is 2. The van der Waals surface area contributed by atoms with Crippen LogP contribution in [0.3, 0.4) is 0 Å². The molecule has 4 heteroatoms. The second-order valence-corrected chi connectivity index (χ2v) is 6.41. The second kappa shape index (κ2) is 5.41. The van der Waals surface area contributed by atoms with Gasteiger partial charge in [0.25, 0.3) is 0 Å². The molecule has 0 unspecified atom stereocenters. The zero-order chi connectivity index (χ0) is 12.4. The molecule has 0 atom stereocenters. The van der Waals surface area contributed by atoms with Crippen LogP contribution in [-0.2, 0) is 11.2 Å². The van der Waals surface area contributed by atoms with E-state index < -0.39 is 0 Å². The van der Waals surface area contributed by atoms with E-state index in [1.54, 1.807) is 11.3 Å². The molecule has 3 nitrogen and oxygen atoms in total. The van der Waals surface area contributed by atoms with E-state index >= 15 is 0 Å². The molecule has 98 valence electrons. The number of hydrogen-bond acceptors (Lipinski definition) is 3. The van der Waals surface area contributed by atoms with Crippen LogP contribution in [0.15, 0.2) is 17.5 Å². The fourth-order valence-corrected chi connectivity index (χ4v) is 3.22. The molecule has 1 aromatic rings. The molecule has 0 bridgehead atoms. The first-order valence-corrected chi connectivity index (χ1v) is 7.72. The molecule has 0 aromatic carbocycles. The molecule has 1 aliphatic heterocycles. The molecule has 0 spiro atoms. The molecule has 1 saturated heterocycles. The van der Waals surface area contributed by atoms with Crippen molar-refractivity contribution >= 4 is 17.2 Å².